The summed E-state index contributed by atoms with van der Waals surface area (Å²) >= 11 is 5.76. The van der Waals surface area contributed by atoms with E-state index in [0.29, 0.717) is 5.75 Å². The molecule has 2 aromatic rings. The largest absolute Gasteiger partial charge is 0.467 e. The van der Waals surface area contributed by atoms with Crippen LogP contribution in [0.15, 0.2) is 30.3 Å². The number of nitrogens with zero attached hydrogens (tertiary/aromatic N) is 3. The molecule has 0 atom stereocenters. The molecule has 0 unspecified atom stereocenters. The van der Waals surface area contributed by atoms with Crippen LogP contribution in [0.4, 0.5) is 0 Å². The quantitative estimate of drug-likeness (QED) is 0.858. The number of halogens is 1. The molecule has 2 rings (SSSR count). The maximum atomic E-state index is 5.76. The van der Waals surface area contributed by atoms with Crippen LogP contribution in [0.1, 0.15) is 12.5 Å². The van der Waals surface area contributed by atoms with Gasteiger partial charge in [0.15, 0.2) is 0 Å². The summed E-state index contributed by atoms with van der Waals surface area (Å²) in [6.45, 7) is 1.93. The fraction of sp³-hybridized carbons (Fsp3) is 0.154. The van der Waals surface area contributed by atoms with Gasteiger partial charge >= 0.3 is 12.0 Å². The summed E-state index contributed by atoms with van der Waals surface area (Å²) in [6, 6.07) is 7.73. The van der Waals surface area contributed by atoms with E-state index < -0.39 is 0 Å². The third kappa shape index (κ3) is 3.42. The van der Waals surface area contributed by atoms with Crippen LogP contribution in [0.25, 0.3) is 6.08 Å². The van der Waals surface area contributed by atoms with Crippen molar-refractivity contribution >= 4 is 17.7 Å². The predicted molar refractivity (Wildman–Crippen MR) is 72.6 cm³/mol. The van der Waals surface area contributed by atoms with Gasteiger partial charge in [0, 0.05) is 5.56 Å². The Morgan fingerprint density at radius 2 is 1.84 bits per heavy atom. The van der Waals surface area contributed by atoms with Crippen molar-refractivity contribution < 1.29 is 9.47 Å². The van der Waals surface area contributed by atoms with Gasteiger partial charge in [-0.3, -0.25) is 0 Å². The van der Waals surface area contributed by atoms with E-state index in [0.717, 1.165) is 5.56 Å². The van der Waals surface area contributed by atoms with Gasteiger partial charge in [0.1, 0.15) is 5.75 Å². The summed E-state index contributed by atoms with van der Waals surface area (Å²) in [4.78, 5) is 11.6. The third-order valence-electron chi connectivity index (χ3n) is 2.22. The van der Waals surface area contributed by atoms with Crippen LogP contribution in [0, 0.1) is 0 Å². The highest BCUT2D eigenvalue weighted by atomic mass is 35.5. The first-order valence-electron chi connectivity index (χ1n) is 5.58. The molecular weight excluding hydrogens is 266 g/mol. The van der Waals surface area contributed by atoms with Gasteiger partial charge in [-0.1, -0.05) is 30.4 Å². The van der Waals surface area contributed by atoms with Crippen LogP contribution in [0.5, 0.6) is 17.8 Å². The molecule has 0 aliphatic rings. The fourth-order valence-corrected chi connectivity index (χ4v) is 1.59. The summed E-state index contributed by atoms with van der Waals surface area (Å²) in [5.74, 6) is 0.630. The van der Waals surface area contributed by atoms with Gasteiger partial charge in [-0.25, -0.2) is 0 Å². The maximum absolute atomic E-state index is 5.76. The molecule has 0 amide bonds. The molecule has 1 aromatic heterocycles. The minimum atomic E-state index is 0.0189. The monoisotopic (exact) mass is 277 g/mol. The van der Waals surface area contributed by atoms with Crippen molar-refractivity contribution in [3.63, 3.8) is 0 Å². The summed E-state index contributed by atoms with van der Waals surface area (Å²) < 4.78 is 10.5. The van der Waals surface area contributed by atoms with Crippen LogP contribution >= 0.6 is 11.6 Å². The van der Waals surface area contributed by atoms with Crippen molar-refractivity contribution in [2.24, 2.45) is 0 Å². The molecule has 0 aliphatic carbocycles. The third-order valence-corrected chi connectivity index (χ3v) is 2.39. The lowest BCUT2D eigenvalue weighted by atomic mass is 10.2. The molecule has 19 heavy (non-hydrogen) atoms. The number of para-hydroxylation sites is 1. The highest BCUT2D eigenvalue weighted by Crippen LogP contribution is 2.25. The van der Waals surface area contributed by atoms with Crippen molar-refractivity contribution in [2.75, 3.05) is 7.11 Å². The minimum absolute atomic E-state index is 0.0189. The van der Waals surface area contributed by atoms with E-state index >= 15 is 0 Å². The average Bonchev–Trinajstić information content (AvgIpc) is 2.40. The summed E-state index contributed by atoms with van der Waals surface area (Å²) in [6.07, 6.45) is 3.85. The molecule has 1 heterocycles. The Labute approximate surface area is 115 Å². The van der Waals surface area contributed by atoms with Crippen molar-refractivity contribution in [3.8, 4) is 17.8 Å². The normalized spacial score (nSPS) is 10.7. The maximum Gasteiger partial charge on any atom is 0.329 e. The van der Waals surface area contributed by atoms with Gasteiger partial charge in [0.2, 0.25) is 5.28 Å². The number of ether oxygens (including phenoxy) is 2. The fourth-order valence-electron chi connectivity index (χ4n) is 1.44. The molecule has 6 heteroatoms. The van der Waals surface area contributed by atoms with Gasteiger partial charge < -0.3 is 9.47 Å². The first-order valence-corrected chi connectivity index (χ1v) is 5.96. The zero-order valence-corrected chi connectivity index (χ0v) is 11.3. The van der Waals surface area contributed by atoms with Crippen molar-refractivity contribution in [3.05, 3.63) is 41.2 Å². The molecule has 0 radical (unpaired) electrons. The van der Waals surface area contributed by atoms with Crippen LogP contribution in [-0.2, 0) is 0 Å². The van der Waals surface area contributed by atoms with Crippen molar-refractivity contribution in [2.45, 2.75) is 6.92 Å². The second-order valence-corrected chi connectivity index (χ2v) is 3.85. The summed E-state index contributed by atoms with van der Waals surface area (Å²) in [7, 11) is 1.45. The molecule has 98 valence electrons. The van der Waals surface area contributed by atoms with E-state index in [2.05, 4.69) is 15.0 Å². The van der Waals surface area contributed by atoms with E-state index in [1.54, 1.807) is 0 Å². The second kappa shape index (κ2) is 6.15. The van der Waals surface area contributed by atoms with Crippen LogP contribution < -0.4 is 9.47 Å². The molecule has 5 nitrogen and oxygen atoms in total. The van der Waals surface area contributed by atoms with E-state index in [1.807, 2.05) is 43.3 Å². The van der Waals surface area contributed by atoms with Crippen molar-refractivity contribution in [1.82, 2.24) is 15.0 Å². The molecular formula is C13H12ClN3O2. The number of benzene rings is 1. The molecule has 0 saturated carbocycles. The van der Waals surface area contributed by atoms with E-state index in [4.69, 9.17) is 21.1 Å². The number of aromatic nitrogens is 3. The molecule has 0 aliphatic heterocycles. The van der Waals surface area contributed by atoms with Gasteiger partial charge in [-0.2, -0.15) is 9.97 Å². The summed E-state index contributed by atoms with van der Waals surface area (Å²) in [5, 5.41) is 0.0189. The standard InChI is InChI=1S/C13H12ClN3O2/c1-3-6-9-7-4-5-8-10(9)19-13-16-11(14)15-12(17-13)18-2/h3-8H,1-2H3/b6-3+. The van der Waals surface area contributed by atoms with Crippen molar-refractivity contribution in [1.29, 1.82) is 0 Å². The number of hydrogen-bond acceptors (Lipinski definition) is 5. The zero-order valence-electron chi connectivity index (χ0n) is 10.5. The molecule has 0 spiro atoms. The number of allylic oxidation sites excluding steroid dienone is 1. The zero-order chi connectivity index (χ0) is 13.7. The van der Waals surface area contributed by atoms with E-state index in [1.165, 1.54) is 7.11 Å². The SMILES string of the molecule is C/C=C/c1ccccc1Oc1nc(Cl)nc(OC)n1. The van der Waals surface area contributed by atoms with Crippen LogP contribution in [-0.4, -0.2) is 22.1 Å². The Balaban J connectivity index is 2.33. The average molecular weight is 278 g/mol. The Hall–Kier alpha value is -2.14. The molecule has 1 aromatic carbocycles. The van der Waals surface area contributed by atoms with Gasteiger partial charge in [-0.15, -0.1) is 4.98 Å². The molecule has 0 fully saturated rings. The first-order chi connectivity index (χ1) is 9.22. The molecule has 0 bridgehead atoms. The second-order valence-electron chi connectivity index (χ2n) is 3.51. The smallest absolute Gasteiger partial charge is 0.329 e. The lowest BCUT2D eigenvalue weighted by Gasteiger charge is -2.07. The lowest BCUT2D eigenvalue weighted by molar-refractivity contribution is 0.359. The van der Waals surface area contributed by atoms with Crippen LogP contribution in [0.2, 0.25) is 5.28 Å². The highest BCUT2D eigenvalue weighted by Gasteiger charge is 2.09. The van der Waals surface area contributed by atoms with Gasteiger partial charge in [0.05, 0.1) is 7.11 Å². The Morgan fingerprint density at radius 3 is 2.58 bits per heavy atom. The van der Waals surface area contributed by atoms with Gasteiger partial charge in [-0.05, 0) is 24.6 Å². The number of hydrogen-bond donors (Lipinski definition) is 0. The van der Waals surface area contributed by atoms with Gasteiger partial charge in [0.25, 0.3) is 0 Å². The summed E-state index contributed by atoms with van der Waals surface area (Å²) in [5.41, 5.74) is 0.917. The molecule has 0 saturated heterocycles. The Kier molecular flexibility index (Phi) is 4.30. The predicted octanol–water partition coefficient (Wildman–Crippen LogP) is 3.36. The topological polar surface area (TPSA) is 57.1 Å². The lowest BCUT2D eigenvalue weighted by Crippen LogP contribution is -1.99. The van der Waals surface area contributed by atoms with Crippen LogP contribution in [0.3, 0.4) is 0 Å². The number of rotatable bonds is 4. The highest BCUT2D eigenvalue weighted by molar-refractivity contribution is 6.28. The molecule has 0 N–H and O–H groups in total. The Bertz CT molecular complexity index is 602. The number of methoxy groups -OCH3 is 1. The first kappa shape index (κ1) is 13.3. The minimum Gasteiger partial charge on any atom is -0.467 e. The Morgan fingerprint density at radius 1 is 1.11 bits per heavy atom. The van der Waals surface area contributed by atoms with E-state index in [9.17, 15) is 0 Å². The van der Waals surface area contributed by atoms with E-state index in [-0.39, 0.29) is 17.3 Å².